The van der Waals surface area contributed by atoms with Gasteiger partial charge in [-0.25, -0.2) is 0 Å². The highest BCUT2D eigenvalue weighted by molar-refractivity contribution is 5.76. The lowest BCUT2D eigenvalue weighted by atomic mass is 9.99. The third-order valence-electron chi connectivity index (χ3n) is 20.7. The van der Waals surface area contributed by atoms with Crippen LogP contribution in [-0.4, -0.2) is 100 Å². The quantitative estimate of drug-likeness (QED) is 0.0195. The zero-order valence-electron chi connectivity index (χ0n) is 63.2. The molecule has 0 aromatic carbocycles. The van der Waals surface area contributed by atoms with Crippen molar-refractivity contribution in [3.63, 3.8) is 0 Å². The molecule has 95 heavy (non-hydrogen) atoms. The second-order valence-corrected chi connectivity index (χ2v) is 29.9. The molecule has 11 nitrogen and oxygen atoms in total. The number of ether oxygens (including phenoxy) is 3. The van der Waals surface area contributed by atoms with Crippen LogP contribution in [0.2, 0.25) is 0 Å². The molecule has 1 rings (SSSR count). The van der Waals surface area contributed by atoms with Gasteiger partial charge in [0.05, 0.1) is 32.0 Å². The largest absolute Gasteiger partial charge is 0.466 e. The van der Waals surface area contributed by atoms with Crippen LogP contribution in [0.25, 0.3) is 0 Å². The maximum Gasteiger partial charge on any atom is 0.305 e. The van der Waals surface area contributed by atoms with E-state index in [1.165, 1.54) is 372 Å². The normalized spacial score (nSPS) is 17.3. The van der Waals surface area contributed by atoms with Crippen LogP contribution in [0.3, 0.4) is 0 Å². The van der Waals surface area contributed by atoms with Crippen LogP contribution in [-0.2, 0) is 23.8 Å². The molecule has 0 aromatic heterocycles. The van der Waals surface area contributed by atoms with E-state index in [0.717, 1.165) is 51.4 Å². The van der Waals surface area contributed by atoms with Gasteiger partial charge >= 0.3 is 5.97 Å². The summed E-state index contributed by atoms with van der Waals surface area (Å²) in [6.07, 6.45) is 84.2. The highest BCUT2D eigenvalue weighted by Gasteiger charge is 2.44. The van der Waals surface area contributed by atoms with E-state index in [9.17, 15) is 35.1 Å². The number of amides is 1. The Morgan fingerprint density at radius 3 is 0.979 bits per heavy atom. The van der Waals surface area contributed by atoms with Gasteiger partial charge in [0.1, 0.15) is 24.4 Å². The van der Waals surface area contributed by atoms with Crippen LogP contribution >= 0.6 is 0 Å². The number of unbranched alkanes of at least 4 members (excludes halogenated alkanes) is 63. The smallest absolute Gasteiger partial charge is 0.305 e. The van der Waals surface area contributed by atoms with E-state index in [-0.39, 0.29) is 18.5 Å². The van der Waals surface area contributed by atoms with Gasteiger partial charge in [0.15, 0.2) is 6.29 Å². The number of hydrogen-bond donors (Lipinski definition) is 6. The van der Waals surface area contributed by atoms with Crippen LogP contribution in [0.4, 0.5) is 0 Å². The summed E-state index contributed by atoms with van der Waals surface area (Å²) in [4.78, 5) is 25.2. The summed E-state index contributed by atoms with van der Waals surface area (Å²) in [6, 6.07) is -0.804. The van der Waals surface area contributed by atoms with Crippen molar-refractivity contribution in [1.82, 2.24) is 5.32 Å². The summed E-state index contributed by atoms with van der Waals surface area (Å²) in [7, 11) is 0. The summed E-state index contributed by atoms with van der Waals surface area (Å²) in [5.41, 5.74) is 0. The number of carbonyl (C=O) groups is 2. The second-order valence-electron chi connectivity index (χ2n) is 29.9. The van der Waals surface area contributed by atoms with E-state index in [0.29, 0.717) is 19.4 Å². The van der Waals surface area contributed by atoms with E-state index < -0.39 is 49.5 Å². The molecule has 0 radical (unpaired) electrons. The Kier molecular flexibility index (Phi) is 70.8. The highest BCUT2D eigenvalue weighted by atomic mass is 16.7. The average molecular weight is 1350 g/mol. The second kappa shape index (κ2) is 73.6. The van der Waals surface area contributed by atoms with Crippen molar-refractivity contribution in [2.75, 3.05) is 19.8 Å². The van der Waals surface area contributed by atoms with E-state index in [1.807, 2.05) is 6.08 Å². The van der Waals surface area contributed by atoms with Crippen LogP contribution < -0.4 is 5.32 Å². The van der Waals surface area contributed by atoms with Crippen LogP contribution in [0.15, 0.2) is 12.2 Å². The molecule has 0 bridgehead atoms. The molecule has 7 unspecified atom stereocenters. The van der Waals surface area contributed by atoms with E-state index in [4.69, 9.17) is 14.2 Å². The number of aliphatic hydroxyl groups is 5. The third kappa shape index (κ3) is 62.0. The molecule has 1 saturated heterocycles. The van der Waals surface area contributed by atoms with Gasteiger partial charge in [-0.05, 0) is 32.1 Å². The molecule has 1 amide bonds. The zero-order chi connectivity index (χ0) is 68.6. The Morgan fingerprint density at radius 2 is 0.663 bits per heavy atom. The fourth-order valence-corrected chi connectivity index (χ4v) is 14.0. The first kappa shape index (κ1) is 91.4. The Bertz CT molecular complexity index is 1580. The summed E-state index contributed by atoms with van der Waals surface area (Å²) in [6.45, 7) is 4.41. The fraction of sp³-hybridized carbons (Fsp3) is 0.952. The lowest BCUT2D eigenvalue weighted by molar-refractivity contribution is -0.302. The first-order valence-corrected chi connectivity index (χ1v) is 42.5. The zero-order valence-corrected chi connectivity index (χ0v) is 63.2. The number of nitrogens with one attached hydrogen (secondary N) is 1. The lowest BCUT2D eigenvalue weighted by Gasteiger charge is -2.40. The SMILES string of the molecule is CCCCCCCCCCC/C=C/C(O)C(COC1OC(CO)C(O)C(O)C1O)NC(=O)CCCCCCCCCCCCCCCCCCCCCCCCCCCCCCCCCCCCCCCCCOC(=O)CCCCCCCCCCCCCCCCCCC. The van der Waals surface area contributed by atoms with E-state index >= 15 is 0 Å². The summed E-state index contributed by atoms with van der Waals surface area (Å²) in [5.74, 6) is -0.150. The van der Waals surface area contributed by atoms with E-state index in [1.54, 1.807) is 6.08 Å². The summed E-state index contributed by atoms with van der Waals surface area (Å²) in [5, 5.41) is 54.5. The molecule has 7 atom stereocenters. The Morgan fingerprint density at radius 1 is 0.379 bits per heavy atom. The molecule has 1 heterocycles. The number of carbonyl (C=O) groups excluding carboxylic acids is 2. The molecule has 0 spiro atoms. The molecule has 11 heteroatoms. The minimum Gasteiger partial charge on any atom is -0.466 e. The van der Waals surface area contributed by atoms with Crippen molar-refractivity contribution >= 4 is 11.9 Å². The highest BCUT2D eigenvalue weighted by Crippen LogP contribution is 2.24. The number of hydrogen-bond acceptors (Lipinski definition) is 10. The number of rotatable bonds is 77. The predicted molar refractivity (Wildman–Crippen MR) is 403 cm³/mol. The fourth-order valence-electron chi connectivity index (χ4n) is 14.0. The first-order valence-electron chi connectivity index (χ1n) is 42.5. The van der Waals surface area contributed by atoms with Crippen molar-refractivity contribution in [1.29, 1.82) is 0 Å². The van der Waals surface area contributed by atoms with Gasteiger partial charge in [0, 0.05) is 12.8 Å². The molecule has 0 saturated carbocycles. The molecule has 0 aromatic rings. The maximum absolute atomic E-state index is 13.1. The van der Waals surface area contributed by atoms with Crippen molar-refractivity contribution < 1.29 is 49.3 Å². The molecule has 0 aliphatic carbocycles. The predicted octanol–water partition coefficient (Wildman–Crippen LogP) is 23.3. The van der Waals surface area contributed by atoms with Gasteiger partial charge in [-0.3, -0.25) is 9.59 Å². The van der Waals surface area contributed by atoms with Gasteiger partial charge in [0.25, 0.3) is 0 Å². The Balaban J connectivity index is 1.83. The van der Waals surface area contributed by atoms with Gasteiger partial charge in [-0.1, -0.05) is 418 Å². The molecule has 1 fully saturated rings. The molecule has 1 aliphatic rings. The Hall–Kier alpha value is -1.60. The van der Waals surface area contributed by atoms with Crippen molar-refractivity contribution in [2.24, 2.45) is 0 Å². The maximum atomic E-state index is 13.1. The van der Waals surface area contributed by atoms with Gasteiger partial charge < -0.3 is 45.1 Å². The van der Waals surface area contributed by atoms with Crippen LogP contribution in [0.5, 0.6) is 0 Å². The lowest BCUT2D eigenvalue weighted by Crippen LogP contribution is -2.60. The minimum atomic E-state index is -1.57. The Labute approximate surface area is 589 Å². The van der Waals surface area contributed by atoms with Crippen molar-refractivity contribution in [2.45, 2.75) is 493 Å². The molecule has 564 valence electrons. The third-order valence-corrected chi connectivity index (χ3v) is 20.7. The van der Waals surface area contributed by atoms with Crippen molar-refractivity contribution in [3.8, 4) is 0 Å². The number of aliphatic hydroxyl groups excluding tert-OH is 5. The van der Waals surface area contributed by atoms with Crippen LogP contribution in [0.1, 0.15) is 450 Å². The molecular formula is C84H163NO10. The van der Waals surface area contributed by atoms with Crippen LogP contribution in [0, 0.1) is 0 Å². The summed E-state index contributed by atoms with van der Waals surface area (Å²) >= 11 is 0. The molecular weight excluding hydrogens is 1180 g/mol. The first-order chi connectivity index (χ1) is 46.7. The number of allylic oxidation sites excluding steroid dienone is 1. The average Bonchev–Trinajstić information content (AvgIpc) is 0.858. The monoisotopic (exact) mass is 1350 g/mol. The van der Waals surface area contributed by atoms with Gasteiger partial charge in [-0.15, -0.1) is 0 Å². The van der Waals surface area contributed by atoms with Gasteiger partial charge in [0.2, 0.25) is 5.91 Å². The van der Waals surface area contributed by atoms with Crippen molar-refractivity contribution in [3.05, 3.63) is 12.2 Å². The topological polar surface area (TPSA) is 175 Å². The van der Waals surface area contributed by atoms with E-state index in [2.05, 4.69) is 19.2 Å². The standard InChI is InChI=1S/C84H163NO10/c1-3-5-7-9-11-13-15-16-17-41-45-48-52-56-60-64-68-72-80(89)93-73-69-65-61-57-53-49-46-43-40-38-36-34-32-30-28-26-24-22-20-18-19-21-23-25-27-29-31-33-35-37-39-42-44-47-51-55-59-63-67-71-79(88)85-76(75-94-84-83(92)82(91)81(90)78(74-86)95-84)77(87)70-66-62-58-54-50-14-12-10-8-6-4-2/h66,70,76-78,81-84,86-87,90-92H,3-65,67-69,71-75H2,1-2H3,(H,85,88)/b70-66+. The van der Waals surface area contributed by atoms with Gasteiger partial charge in [-0.2, -0.15) is 0 Å². The minimum absolute atomic E-state index is 0.0236. The molecule has 1 aliphatic heterocycles. The number of esters is 1. The summed E-state index contributed by atoms with van der Waals surface area (Å²) < 4.78 is 16.8. The molecule has 6 N–H and O–H groups in total.